The summed E-state index contributed by atoms with van der Waals surface area (Å²) in [7, 11) is 0. The van der Waals surface area contributed by atoms with E-state index in [1.165, 1.54) is 5.57 Å². The average molecular weight is 426 g/mol. The Labute approximate surface area is 184 Å². The molecule has 2 N–H and O–H groups in total. The van der Waals surface area contributed by atoms with Gasteiger partial charge in [-0.25, -0.2) is 4.98 Å². The van der Waals surface area contributed by atoms with Gasteiger partial charge in [0.15, 0.2) is 0 Å². The third kappa shape index (κ3) is 2.86. The summed E-state index contributed by atoms with van der Waals surface area (Å²) in [5.41, 5.74) is 2.90. The van der Waals surface area contributed by atoms with Crippen molar-refractivity contribution >= 4 is 11.9 Å². The zero-order valence-electron chi connectivity index (χ0n) is 19.0. The lowest BCUT2D eigenvalue weighted by Crippen LogP contribution is -2.58. The summed E-state index contributed by atoms with van der Waals surface area (Å²) in [6.07, 6.45) is 11.0. The van der Waals surface area contributed by atoms with Gasteiger partial charge in [0.05, 0.1) is 11.7 Å². The number of rotatable bonds is 4. The van der Waals surface area contributed by atoms with Crippen LogP contribution in [0.25, 0.3) is 0 Å². The average Bonchev–Trinajstić information content (AvgIpc) is 3.34. The Hall–Kier alpha value is -2.11. The number of H-pyrrole nitrogens is 1. The van der Waals surface area contributed by atoms with Crippen molar-refractivity contribution in [1.29, 1.82) is 0 Å². The Balaban J connectivity index is 1.42. The lowest BCUT2D eigenvalue weighted by molar-refractivity contribution is -0.175. The van der Waals surface area contributed by atoms with E-state index in [9.17, 15) is 14.7 Å². The molecule has 0 bridgehead atoms. The van der Waals surface area contributed by atoms with Crippen molar-refractivity contribution in [2.75, 3.05) is 13.1 Å². The number of carboxylic acids is 1. The molecule has 168 valence electrons. The van der Waals surface area contributed by atoms with Crippen LogP contribution in [0.1, 0.15) is 71.4 Å². The molecular formula is C25H35N3O3. The second-order valence-electron chi connectivity index (χ2n) is 11.2. The van der Waals surface area contributed by atoms with Crippen LogP contribution in [0, 0.1) is 28.1 Å². The molecule has 1 aliphatic heterocycles. The van der Waals surface area contributed by atoms with Crippen molar-refractivity contribution in [3.63, 3.8) is 0 Å². The highest BCUT2D eigenvalue weighted by molar-refractivity contribution is 5.97. The Bertz CT molecular complexity index is 938. The Morgan fingerprint density at radius 2 is 2.03 bits per heavy atom. The van der Waals surface area contributed by atoms with Gasteiger partial charge in [-0.2, -0.15) is 0 Å². The topological polar surface area (TPSA) is 86.3 Å². The minimum Gasteiger partial charge on any atom is -0.481 e. The van der Waals surface area contributed by atoms with Crippen molar-refractivity contribution in [3.8, 4) is 0 Å². The van der Waals surface area contributed by atoms with Crippen LogP contribution in [-0.4, -0.2) is 44.9 Å². The van der Waals surface area contributed by atoms with Crippen molar-refractivity contribution in [2.24, 2.45) is 28.1 Å². The molecule has 6 heteroatoms. The van der Waals surface area contributed by atoms with E-state index >= 15 is 0 Å². The molecule has 2 heterocycles. The summed E-state index contributed by atoms with van der Waals surface area (Å²) < 4.78 is 0. The van der Waals surface area contributed by atoms with Gasteiger partial charge in [0, 0.05) is 37.0 Å². The number of imidazole rings is 1. The van der Waals surface area contributed by atoms with Crippen LogP contribution in [0.4, 0.5) is 0 Å². The van der Waals surface area contributed by atoms with Crippen LogP contribution in [0.15, 0.2) is 23.7 Å². The van der Waals surface area contributed by atoms with Crippen LogP contribution in [-0.2, 0) is 16.0 Å². The van der Waals surface area contributed by atoms with Crippen molar-refractivity contribution in [3.05, 3.63) is 29.4 Å². The third-order valence-corrected chi connectivity index (χ3v) is 9.82. The number of aromatic amines is 1. The van der Waals surface area contributed by atoms with E-state index in [-0.39, 0.29) is 22.7 Å². The fourth-order valence-electron chi connectivity index (χ4n) is 8.20. The number of nitrogens with one attached hydrogen (secondary N) is 1. The second-order valence-corrected chi connectivity index (χ2v) is 11.2. The first kappa shape index (κ1) is 20.8. The van der Waals surface area contributed by atoms with Crippen LogP contribution in [0.5, 0.6) is 0 Å². The van der Waals surface area contributed by atoms with Gasteiger partial charge in [-0.1, -0.05) is 20.3 Å². The van der Waals surface area contributed by atoms with Gasteiger partial charge >= 0.3 is 5.97 Å². The molecule has 5 atom stereocenters. The number of carboxylic acid groups (broad SMARTS) is 1. The highest BCUT2D eigenvalue weighted by Gasteiger charge is 2.63. The Morgan fingerprint density at radius 3 is 2.74 bits per heavy atom. The number of amides is 1. The number of aromatic nitrogens is 2. The second kappa shape index (κ2) is 6.94. The number of carbonyl (C=O) groups excluding carboxylic acids is 1. The van der Waals surface area contributed by atoms with E-state index in [0.717, 1.165) is 69.2 Å². The standard InChI is InChI=1S/C25H35N3O3/c1-23-11-7-20-24(2,9-4-10-25(20,3)22(30)31)19(23)6-5-17-18(23)14-28(21(17)29)12-8-16-13-26-15-27-16/h13,15,19-20H,4-12,14H2,1-3H3,(H,26,27)(H,30,31). The molecule has 1 aromatic heterocycles. The molecule has 5 unspecified atom stereocenters. The molecule has 5 rings (SSSR count). The maximum absolute atomic E-state index is 13.2. The quantitative estimate of drug-likeness (QED) is 0.757. The molecule has 1 aromatic rings. The normalized spacial score (nSPS) is 39.8. The van der Waals surface area contributed by atoms with Gasteiger partial charge < -0.3 is 15.0 Å². The smallest absolute Gasteiger partial charge is 0.309 e. The molecule has 31 heavy (non-hydrogen) atoms. The van der Waals surface area contributed by atoms with Gasteiger partial charge in [-0.05, 0) is 73.7 Å². The lowest BCUT2D eigenvalue weighted by Gasteiger charge is -2.63. The Kier molecular flexibility index (Phi) is 4.65. The summed E-state index contributed by atoms with van der Waals surface area (Å²) in [5, 5.41) is 10.1. The molecule has 0 spiro atoms. The van der Waals surface area contributed by atoms with Crippen molar-refractivity contribution in [2.45, 2.75) is 72.1 Å². The number of hydrogen-bond acceptors (Lipinski definition) is 3. The molecule has 3 aliphatic carbocycles. The maximum Gasteiger partial charge on any atom is 0.309 e. The number of carbonyl (C=O) groups is 2. The highest BCUT2D eigenvalue weighted by Crippen LogP contribution is 2.68. The zero-order chi connectivity index (χ0) is 22.0. The number of fused-ring (bicyclic) bond motifs is 4. The molecule has 6 nitrogen and oxygen atoms in total. The van der Waals surface area contributed by atoms with Gasteiger partial charge in [0.1, 0.15) is 0 Å². The maximum atomic E-state index is 13.2. The van der Waals surface area contributed by atoms with E-state index < -0.39 is 11.4 Å². The first-order chi connectivity index (χ1) is 14.7. The van der Waals surface area contributed by atoms with Crippen LogP contribution >= 0.6 is 0 Å². The molecule has 1 amide bonds. The number of aliphatic carboxylic acids is 1. The monoisotopic (exact) mass is 425 g/mol. The predicted octanol–water partition coefficient (Wildman–Crippen LogP) is 4.20. The van der Waals surface area contributed by atoms with Crippen LogP contribution < -0.4 is 0 Å². The summed E-state index contributed by atoms with van der Waals surface area (Å²) in [4.78, 5) is 34.8. The largest absolute Gasteiger partial charge is 0.481 e. The van der Waals surface area contributed by atoms with Gasteiger partial charge in [-0.15, -0.1) is 0 Å². The third-order valence-electron chi connectivity index (χ3n) is 9.82. The SMILES string of the molecule is CC1(C(=O)O)CCCC2(C)C1CCC1(C)C3=C(CCC12)C(=O)N(CCc1cnc[nH]1)C3. The van der Waals surface area contributed by atoms with E-state index in [1.54, 1.807) is 6.33 Å². The summed E-state index contributed by atoms with van der Waals surface area (Å²) >= 11 is 0. The van der Waals surface area contributed by atoms with E-state index in [4.69, 9.17) is 0 Å². The number of hydrogen-bond donors (Lipinski definition) is 2. The van der Waals surface area contributed by atoms with Gasteiger partial charge in [0.25, 0.3) is 0 Å². The summed E-state index contributed by atoms with van der Waals surface area (Å²) in [6.45, 7) is 8.20. The molecule has 0 aromatic carbocycles. The van der Waals surface area contributed by atoms with E-state index in [0.29, 0.717) is 12.5 Å². The molecule has 0 saturated heterocycles. The first-order valence-electron chi connectivity index (χ1n) is 11.9. The number of nitrogens with zero attached hydrogens (tertiary/aromatic N) is 2. The molecular weight excluding hydrogens is 390 g/mol. The van der Waals surface area contributed by atoms with Gasteiger partial charge in [0.2, 0.25) is 5.91 Å². The van der Waals surface area contributed by atoms with E-state index in [1.807, 2.05) is 18.0 Å². The van der Waals surface area contributed by atoms with Crippen LogP contribution in [0.3, 0.4) is 0 Å². The van der Waals surface area contributed by atoms with Crippen molar-refractivity contribution in [1.82, 2.24) is 14.9 Å². The lowest BCUT2D eigenvalue weighted by atomic mass is 9.40. The fraction of sp³-hybridized carbons (Fsp3) is 0.720. The minimum absolute atomic E-state index is 0.00792. The van der Waals surface area contributed by atoms with Crippen LogP contribution in [0.2, 0.25) is 0 Å². The highest BCUT2D eigenvalue weighted by atomic mass is 16.4. The Morgan fingerprint density at radius 1 is 1.23 bits per heavy atom. The van der Waals surface area contributed by atoms with Crippen molar-refractivity contribution < 1.29 is 14.7 Å². The minimum atomic E-state index is -0.622. The zero-order valence-corrected chi connectivity index (χ0v) is 19.0. The summed E-state index contributed by atoms with van der Waals surface area (Å²) in [6, 6.07) is 0. The van der Waals surface area contributed by atoms with E-state index in [2.05, 4.69) is 23.8 Å². The first-order valence-corrected chi connectivity index (χ1v) is 11.9. The summed E-state index contributed by atoms with van der Waals surface area (Å²) in [5.74, 6) is 0.279. The predicted molar refractivity (Wildman–Crippen MR) is 117 cm³/mol. The fourth-order valence-corrected chi connectivity index (χ4v) is 8.20. The molecule has 2 saturated carbocycles. The molecule has 2 fully saturated rings. The molecule has 0 radical (unpaired) electrons. The van der Waals surface area contributed by atoms with Gasteiger partial charge in [-0.3, -0.25) is 9.59 Å². The molecule has 4 aliphatic rings.